The molecule has 31 heavy (non-hydrogen) atoms. The Morgan fingerprint density at radius 1 is 1.13 bits per heavy atom. The maximum absolute atomic E-state index is 12.9. The standard InChI is InChI=1S/C22H30N4O4S/c1-16-23-21(15-25(16)2)31(28,29)26-13-11-17(12-14-26)22(27)24-19-9-5-6-10-20(19)30-18-7-3-4-8-18/h5-6,9-10,15,17-18H,3-4,7-8,11-14H2,1-2H3,(H,24,27). The maximum Gasteiger partial charge on any atom is 0.262 e. The fraction of sp³-hybridized carbons (Fsp3) is 0.545. The third kappa shape index (κ3) is 4.77. The quantitative estimate of drug-likeness (QED) is 0.736. The number of carbonyl (C=O) groups is 1. The first-order valence-electron chi connectivity index (χ1n) is 10.9. The molecule has 8 nitrogen and oxygen atoms in total. The zero-order valence-corrected chi connectivity index (χ0v) is 18.9. The van der Waals surface area contributed by atoms with Gasteiger partial charge in [-0.1, -0.05) is 12.1 Å². The molecule has 1 aliphatic carbocycles. The first kappa shape index (κ1) is 21.8. The van der Waals surface area contributed by atoms with Crippen molar-refractivity contribution in [3.63, 3.8) is 0 Å². The molecule has 2 heterocycles. The normalized spacial score (nSPS) is 18.9. The number of aryl methyl sites for hydroxylation is 2. The predicted octanol–water partition coefficient (Wildman–Crippen LogP) is 3.09. The van der Waals surface area contributed by atoms with E-state index in [0.29, 0.717) is 43.2 Å². The van der Waals surface area contributed by atoms with Gasteiger partial charge in [0.25, 0.3) is 10.0 Å². The van der Waals surface area contributed by atoms with Crippen molar-refractivity contribution in [2.45, 2.75) is 56.6 Å². The molecule has 2 aromatic rings. The number of piperidine rings is 1. The summed E-state index contributed by atoms with van der Waals surface area (Å²) in [5, 5.41) is 3.07. The molecule has 1 saturated heterocycles. The highest BCUT2D eigenvalue weighted by atomic mass is 32.2. The van der Waals surface area contributed by atoms with Gasteiger partial charge in [-0.15, -0.1) is 0 Å². The summed E-state index contributed by atoms with van der Waals surface area (Å²) in [6.45, 7) is 2.37. The number of para-hydroxylation sites is 2. The van der Waals surface area contributed by atoms with Gasteiger partial charge in [0.2, 0.25) is 5.91 Å². The van der Waals surface area contributed by atoms with Gasteiger partial charge in [-0.05, 0) is 57.6 Å². The number of aromatic nitrogens is 2. The minimum absolute atomic E-state index is 0.0633. The molecule has 1 amide bonds. The second-order valence-corrected chi connectivity index (χ2v) is 10.3. The SMILES string of the molecule is Cc1nc(S(=O)(=O)N2CCC(C(=O)Nc3ccccc3OC3CCCC3)CC2)cn1C. The molecule has 0 spiro atoms. The van der Waals surface area contributed by atoms with Crippen molar-refractivity contribution in [2.75, 3.05) is 18.4 Å². The van der Waals surface area contributed by atoms with Crippen LogP contribution < -0.4 is 10.1 Å². The molecule has 2 aliphatic rings. The monoisotopic (exact) mass is 446 g/mol. The highest BCUT2D eigenvalue weighted by Gasteiger charge is 2.34. The lowest BCUT2D eigenvalue weighted by Crippen LogP contribution is -2.41. The summed E-state index contributed by atoms with van der Waals surface area (Å²) in [4.78, 5) is 17.0. The van der Waals surface area contributed by atoms with Gasteiger partial charge >= 0.3 is 0 Å². The first-order valence-corrected chi connectivity index (χ1v) is 12.4. The third-order valence-corrected chi connectivity index (χ3v) is 8.03. The number of nitrogens with zero attached hydrogens (tertiary/aromatic N) is 3. The van der Waals surface area contributed by atoms with Crippen LogP contribution in [0.3, 0.4) is 0 Å². The van der Waals surface area contributed by atoms with E-state index in [1.807, 2.05) is 24.3 Å². The van der Waals surface area contributed by atoms with Gasteiger partial charge in [0.1, 0.15) is 11.6 Å². The van der Waals surface area contributed by atoms with Crippen LogP contribution in [0.4, 0.5) is 5.69 Å². The Labute approximate surface area is 183 Å². The van der Waals surface area contributed by atoms with Gasteiger partial charge in [0, 0.05) is 32.3 Å². The number of carbonyl (C=O) groups excluding carboxylic acids is 1. The summed E-state index contributed by atoms with van der Waals surface area (Å²) in [6.07, 6.45) is 7.14. The van der Waals surface area contributed by atoms with Crippen molar-refractivity contribution in [3.8, 4) is 5.75 Å². The Bertz CT molecular complexity index is 1020. The molecule has 1 saturated carbocycles. The Hall–Kier alpha value is -2.39. The van der Waals surface area contributed by atoms with Crippen molar-refractivity contribution in [3.05, 3.63) is 36.3 Å². The van der Waals surface area contributed by atoms with E-state index in [-0.39, 0.29) is 23.0 Å². The Morgan fingerprint density at radius 3 is 2.45 bits per heavy atom. The summed E-state index contributed by atoms with van der Waals surface area (Å²) in [6, 6.07) is 7.52. The van der Waals surface area contributed by atoms with Crippen molar-refractivity contribution < 1.29 is 17.9 Å². The Balaban J connectivity index is 1.37. The minimum atomic E-state index is -3.64. The van der Waals surface area contributed by atoms with Crippen molar-refractivity contribution in [1.29, 1.82) is 0 Å². The largest absolute Gasteiger partial charge is 0.488 e. The predicted molar refractivity (Wildman–Crippen MR) is 117 cm³/mol. The summed E-state index contributed by atoms with van der Waals surface area (Å²) in [7, 11) is -1.87. The summed E-state index contributed by atoms with van der Waals surface area (Å²) in [5.74, 6) is 1.02. The van der Waals surface area contributed by atoms with Crippen molar-refractivity contribution in [2.24, 2.45) is 13.0 Å². The Kier molecular flexibility index (Phi) is 6.34. The van der Waals surface area contributed by atoms with E-state index < -0.39 is 10.0 Å². The molecule has 4 rings (SSSR count). The van der Waals surface area contributed by atoms with Gasteiger partial charge < -0.3 is 14.6 Å². The highest BCUT2D eigenvalue weighted by Crippen LogP contribution is 2.31. The number of anilines is 1. The van der Waals surface area contributed by atoms with Crippen LogP contribution >= 0.6 is 0 Å². The number of imidazole rings is 1. The van der Waals surface area contributed by atoms with E-state index in [0.717, 1.165) is 12.8 Å². The molecule has 0 unspecified atom stereocenters. The second-order valence-electron chi connectivity index (χ2n) is 8.43. The number of hydrogen-bond acceptors (Lipinski definition) is 5. The Morgan fingerprint density at radius 2 is 1.81 bits per heavy atom. The lowest BCUT2D eigenvalue weighted by Gasteiger charge is -2.30. The molecular formula is C22H30N4O4S. The summed E-state index contributed by atoms with van der Waals surface area (Å²) in [5.41, 5.74) is 0.679. The molecule has 0 bridgehead atoms. The van der Waals surface area contributed by atoms with Crippen molar-refractivity contribution in [1.82, 2.24) is 13.9 Å². The molecule has 0 radical (unpaired) electrons. The van der Waals surface area contributed by atoms with Crippen LogP contribution in [0.15, 0.2) is 35.5 Å². The fourth-order valence-corrected chi connectivity index (χ4v) is 5.73. The molecule has 9 heteroatoms. The fourth-order valence-electron chi connectivity index (χ4n) is 4.23. The van der Waals surface area contributed by atoms with Gasteiger partial charge in [-0.2, -0.15) is 4.31 Å². The lowest BCUT2D eigenvalue weighted by atomic mass is 9.97. The summed E-state index contributed by atoms with van der Waals surface area (Å²) < 4.78 is 35.0. The molecule has 1 aromatic heterocycles. The van der Waals surface area contributed by atoms with Crippen LogP contribution in [-0.4, -0.2) is 47.4 Å². The molecule has 1 aromatic carbocycles. The van der Waals surface area contributed by atoms with Crippen LogP contribution in [0.2, 0.25) is 0 Å². The zero-order valence-electron chi connectivity index (χ0n) is 18.1. The molecule has 1 aliphatic heterocycles. The van der Waals surface area contributed by atoms with E-state index in [2.05, 4.69) is 10.3 Å². The van der Waals surface area contributed by atoms with Crippen molar-refractivity contribution >= 4 is 21.6 Å². The number of rotatable bonds is 6. The number of ether oxygens (including phenoxy) is 1. The van der Waals surface area contributed by atoms with E-state index in [1.165, 1.54) is 23.3 Å². The minimum Gasteiger partial charge on any atom is -0.488 e. The third-order valence-electron chi connectivity index (χ3n) is 6.26. The van der Waals surface area contributed by atoms with Crippen LogP contribution in [0.1, 0.15) is 44.3 Å². The maximum atomic E-state index is 12.9. The van der Waals surface area contributed by atoms with Gasteiger partial charge in [-0.25, -0.2) is 13.4 Å². The number of nitrogens with one attached hydrogen (secondary N) is 1. The average molecular weight is 447 g/mol. The van der Waals surface area contributed by atoms with Gasteiger partial charge in [0.05, 0.1) is 11.8 Å². The number of sulfonamides is 1. The molecular weight excluding hydrogens is 416 g/mol. The smallest absolute Gasteiger partial charge is 0.262 e. The van der Waals surface area contributed by atoms with E-state index in [9.17, 15) is 13.2 Å². The van der Waals surface area contributed by atoms with E-state index >= 15 is 0 Å². The van der Waals surface area contributed by atoms with Crippen LogP contribution in [-0.2, 0) is 21.9 Å². The zero-order chi connectivity index (χ0) is 22.0. The highest BCUT2D eigenvalue weighted by molar-refractivity contribution is 7.89. The average Bonchev–Trinajstić information content (AvgIpc) is 3.39. The number of benzene rings is 1. The molecule has 1 N–H and O–H groups in total. The second kappa shape index (κ2) is 9.00. The van der Waals surface area contributed by atoms with Crippen LogP contribution in [0.5, 0.6) is 5.75 Å². The summed E-state index contributed by atoms with van der Waals surface area (Å²) >= 11 is 0. The number of hydrogen-bond donors (Lipinski definition) is 1. The van der Waals surface area contributed by atoms with E-state index in [1.54, 1.807) is 18.5 Å². The number of amides is 1. The molecule has 2 fully saturated rings. The molecule has 0 atom stereocenters. The van der Waals surface area contributed by atoms with Crippen LogP contribution in [0.25, 0.3) is 0 Å². The topological polar surface area (TPSA) is 93.5 Å². The van der Waals surface area contributed by atoms with Gasteiger partial charge in [0.15, 0.2) is 5.03 Å². The first-order chi connectivity index (χ1) is 14.8. The molecule has 168 valence electrons. The van der Waals surface area contributed by atoms with E-state index in [4.69, 9.17) is 4.74 Å². The lowest BCUT2D eigenvalue weighted by molar-refractivity contribution is -0.120. The van der Waals surface area contributed by atoms with Gasteiger partial charge in [-0.3, -0.25) is 4.79 Å². The van der Waals surface area contributed by atoms with Crippen LogP contribution in [0, 0.1) is 12.8 Å².